The van der Waals surface area contributed by atoms with E-state index < -0.39 is 72.5 Å². The van der Waals surface area contributed by atoms with Gasteiger partial charge in [-0.3, -0.25) is 14.3 Å². The van der Waals surface area contributed by atoms with E-state index in [1.165, 1.54) is 45.3 Å². The maximum Gasteiger partial charge on any atom is 0.416 e. The molecule has 4 aromatic carbocycles. The number of alkyl halides is 12. The summed E-state index contributed by atoms with van der Waals surface area (Å²) in [7, 11) is 0. The molecule has 10 rings (SSSR count). The summed E-state index contributed by atoms with van der Waals surface area (Å²) in [6.07, 6.45) is -15.2. The molecule has 4 aliphatic heterocycles. The van der Waals surface area contributed by atoms with Gasteiger partial charge in [0, 0.05) is 59.9 Å². The molecule has 1 N–H and O–H groups in total. The van der Waals surface area contributed by atoms with Crippen LogP contribution in [0, 0.1) is 0 Å². The number of aliphatic hydroxyl groups is 1. The first-order valence-corrected chi connectivity index (χ1v) is 24.7. The van der Waals surface area contributed by atoms with Gasteiger partial charge in [0.1, 0.15) is 6.73 Å². The molecule has 0 aliphatic carbocycles. The van der Waals surface area contributed by atoms with Crippen LogP contribution in [0.15, 0.2) is 105 Å². The fourth-order valence-electron chi connectivity index (χ4n) is 8.92. The topological polar surface area (TPSA) is 109 Å². The van der Waals surface area contributed by atoms with Gasteiger partial charge in [-0.05, 0) is 82.9 Å². The Bertz CT molecular complexity index is 3240. The minimum absolute atomic E-state index is 0.103. The van der Waals surface area contributed by atoms with Crippen molar-refractivity contribution in [3.63, 3.8) is 0 Å². The molecule has 75 heavy (non-hydrogen) atoms. The van der Waals surface area contributed by atoms with Gasteiger partial charge in [-0.1, -0.05) is 47.8 Å². The minimum Gasteiger partial charge on any atom is -0.378 e. The third-order valence-corrected chi connectivity index (χ3v) is 15.0. The van der Waals surface area contributed by atoms with Crippen LogP contribution in [0.5, 0.6) is 0 Å². The molecule has 2 saturated heterocycles. The second kappa shape index (κ2) is 20.5. The maximum atomic E-state index is 13.9. The Hall–Kier alpha value is -6.06. The summed E-state index contributed by atoms with van der Waals surface area (Å²) in [5, 5.41) is 22.0. The molecule has 2 fully saturated rings. The number of aliphatic imine (C=N–C) groups is 2. The highest BCUT2D eigenvalue weighted by molar-refractivity contribution is 8.17. The molecular weight excluding hydrogens is 1050 g/mol. The minimum atomic E-state index is -5.03. The van der Waals surface area contributed by atoms with Crippen LogP contribution in [0.3, 0.4) is 0 Å². The van der Waals surface area contributed by atoms with Crippen LogP contribution in [-0.2, 0) is 47.3 Å². The quantitative estimate of drug-likeness (QED) is 0.141. The number of morpholine rings is 1. The molecule has 396 valence electrons. The predicted molar refractivity (Wildman–Crippen MR) is 258 cm³/mol. The average Bonchev–Trinajstić information content (AvgIpc) is 4.16. The first-order valence-electron chi connectivity index (χ1n) is 23.0. The average molecular weight is 1100 g/mol. The number of rotatable bonds is 9. The van der Waals surface area contributed by atoms with Gasteiger partial charge in [0.2, 0.25) is 0 Å². The summed E-state index contributed by atoms with van der Waals surface area (Å²) in [5.41, 5.74) is -4.01. The van der Waals surface area contributed by atoms with E-state index >= 15 is 0 Å². The third-order valence-electron chi connectivity index (χ3n) is 12.8. The zero-order valence-electron chi connectivity index (χ0n) is 38.8. The lowest BCUT2D eigenvalue weighted by Gasteiger charge is -2.35. The van der Waals surface area contributed by atoms with E-state index in [9.17, 15) is 57.8 Å². The summed E-state index contributed by atoms with van der Waals surface area (Å²) in [5.74, 6) is 0. The van der Waals surface area contributed by atoms with Crippen LogP contribution in [0.4, 0.5) is 52.7 Å². The van der Waals surface area contributed by atoms with Crippen molar-refractivity contribution in [2.24, 2.45) is 9.98 Å². The molecular formula is C49H41F12N9O3S2. The van der Waals surface area contributed by atoms with Crippen molar-refractivity contribution in [2.45, 2.75) is 50.3 Å². The molecule has 6 aromatic rings. The molecule has 12 nitrogen and oxygen atoms in total. The monoisotopic (exact) mass is 1100 g/mol. The number of hydrogen-bond donors (Lipinski definition) is 1. The summed E-state index contributed by atoms with van der Waals surface area (Å²) in [6.45, 7) is 4.02. The summed E-state index contributed by atoms with van der Waals surface area (Å²) in [4.78, 5) is 17.0. The molecule has 6 heterocycles. The number of ether oxygens (including phenoxy) is 2. The zero-order valence-corrected chi connectivity index (χ0v) is 40.4. The van der Waals surface area contributed by atoms with Crippen LogP contribution in [0.1, 0.15) is 44.5 Å². The number of piperazine rings is 1. The second-order valence-electron chi connectivity index (χ2n) is 17.8. The van der Waals surface area contributed by atoms with Crippen LogP contribution >= 0.6 is 23.5 Å². The molecule has 0 bridgehead atoms. The molecule has 26 heteroatoms. The lowest BCUT2D eigenvalue weighted by atomic mass is 10.0. The normalized spacial score (nSPS) is 20.6. The number of aliphatic hydroxyl groups excluding tert-OH is 1. The van der Waals surface area contributed by atoms with E-state index in [1.54, 1.807) is 42.5 Å². The summed E-state index contributed by atoms with van der Waals surface area (Å²) < 4.78 is 177. The molecule has 0 radical (unpaired) electrons. The van der Waals surface area contributed by atoms with E-state index in [0.717, 1.165) is 27.8 Å². The first-order chi connectivity index (χ1) is 35.5. The molecule has 2 unspecified atom stereocenters. The number of thioether (sulfide) groups is 2. The van der Waals surface area contributed by atoms with E-state index in [1.807, 2.05) is 6.08 Å². The Morgan fingerprint density at radius 2 is 1.05 bits per heavy atom. The number of aromatic nitrogens is 4. The molecule has 2 aromatic heterocycles. The van der Waals surface area contributed by atoms with Gasteiger partial charge >= 0.3 is 24.7 Å². The van der Waals surface area contributed by atoms with Crippen molar-refractivity contribution >= 4 is 67.8 Å². The predicted octanol–water partition coefficient (Wildman–Crippen LogP) is 10.7. The van der Waals surface area contributed by atoms with Gasteiger partial charge in [0.15, 0.2) is 22.8 Å². The number of fused-ring (bicyclic) bond motifs is 2. The van der Waals surface area contributed by atoms with Crippen LogP contribution in [0.2, 0.25) is 0 Å². The van der Waals surface area contributed by atoms with Crippen molar-refractivity contribution in [1.82, 2.24) is 34.3 Å². The molecule has 2 atom stereocenters. The van der Waals surface area contributed by atoms with E-state index in [2.05, 4.69) is 29.9 Å². The van der Waals surface area contributed by atoms with Gasteiger partial charge < -0.3 is 24.4 Å². The SMILES string of the molecule is OC1N=C(N2CCN(COC3N=C(N4CCOCC4)SC3=Cc3ccc4c(cnn4Cc4ccc(C(F)(F)F)cc4C(F)(F)F)c3)CC2)SC1=Cc1ccc2c(cnn2Cc2ccc(C(F)(F)F)cc2C(F)(F)F)c1. The number of halogens is 12. The molecule has 4 aliphatic rings. The molecule has 0 amide bonds. The van der Waals surface area contributed by atoms with Gasteiger partial charge in [0.05, 0.1) is 72.0 Å². The van der Waals surface area contributed by atoms with Crippen molar-refractivity contribution < 1.29 is 67.3 Å². The van der Waals surface area contributed by atoms with Gasteiger partial charge in [0.25, 0.3) is 0 Å². The van der Waals surface area contributed by atoms with Crippen molar-refractivity contribution in [3.05, 3.63) is 140 Å². The van der Waals surface area contributed by atoms with E-state index in [0.29, 0.717) is 102 Å². The smallest absolute Gasteiger partial charge is 0.378 e. The van der Waals surface area contributed by atoms with Gasteiger partial charge in [-0.15, -0.1) is 0 Å². The van der Waals surface area contributed by atoms with Crippen molar-refractivity contribution in [2.75, 3.05) is 59.2 Å². The Balaban J connectivity index is 0.770. The molecule has 0 saturated carbocycles. The van der Waals surface area contributed by atoms with Crippen molar-refractivity contribution in [3.8, 4) is 0 Å². The first kappa shape index (κ1) is 52.4. The highest BCUT2D eigenvalue weighted by atomic mass is 32.2. The summed E-state index contributed by atoms with van der Waals surface area (Å²) in [6, 6.07) is 13.4. The van der Waals surface area contributed by atoms with E-state index in [-0.39, 0.29) is 30.0 Å². The fraction of sp³-hybridized carbons (Fsp3) is 0.347. The Kier molecular flexibility index (Phi) is 14.3. The molecule has 0 spiro atoms. The zero-order chi connectivity index (χ0) is 53.0. The third kappa shape index (κ3) is 11.7. The van der Waals surface area contributed by atoms with Crippen LogP contribution < -0.4 is 0 Å². The van der Waals surface area contributed by atoms with E-state index in [4.69, 9.17) is 14.5 Å². The number of hydrogen-bond acceptors (Lipinski definition) is 12. The Morgan fingerprint density at radius 3 is 1.56 bits per heavy atom. The fourth-order valence-corrected chi connectivity index (χ4v) is 11.0. The number of benzene rings is 4. The van der Waals surface area contributed by atoms with Gasteiger partial charge in [-0.2, -0.15) is 62.9 Å². The standard InChI is InChI=1S/C49H41F12N9O3S2/c50-46(51,52)34-5-3-30(36(21-34)48(56,57)58)25-69-38-7-1-28(17-32(38)23-62-69)19-40-42(71)64-44(74-40)67-11-9-66(10-12-67)27-73-43-41(75-45(65-43)68-13-15-72-16-14-68)20-29-2-8-39-33(18-29)24-63-70(39)26-31-4-6-35(47(53,54)55)22-37(31)49(59,60)61/h1-8,17-24,42-43,71H,9-16,25-27H2. The lowest BCUT2D eigenvalue weighted by Crippen LogP contribution is -2.48. The Labute approximate surface area is 426 Å². The van der Waals surface area contributed by atoms with Crippen LogP contribution in [-0.4, -0.2) is 121 Å². The lowest BCUT2D eigenvalue weighted by molar-refractivity contribution is -0.145. The number of amidine groups is 2. The largest absolute Gasteiger partial charge is 0.416 e. The van der Waals surface area contributed by atoms with Gasteiger partial charge in [-0.25, -0.2) is 9.98 Å². The highest BCUT2D eigenvalue weighted by Gasteiger charge is 2.40. The summed E-state index contributed by atoms with van der Waals surface area (Å²) >= 11 is 2.76. The second-order valence-corrected chi connectivity index (χ2v) is 19.9. The Morgan fingerprint density at radius 1 is 0.573 bits per heavy atom. The number of nitrogens with zero attached hydrogens (tertiary/aromatic N) is 9. The van der Waals surface area contributed by atoms with Crippen molar-refractivity contribution in [1.29, 1.82) is 0 Å². The highest BCUT2D eigenvalue weighted by Crippen LogP contribution is 2.41. The maximum absolute atomic E-state index is 13.9. The van der Waals surface area contributed by atoms with Crippen LogP contribution in [0.25, 0.3) is 34.0 Å².